The molecule has 0 aliphatic rings. The van der Waals surface area contributed by atoms with Crippen LogP contribution in [0, 0.1) is 0 Å². The first-order valence-corrected chi connectivity index (χ1v) is 2.28. The van der Waals surface area contributed by atoms with E-state index in [1.54, 1.807) is 0 Å². The zero-order chi connectivity index (χ0) is 8.15. The minimum absolute atomic E-state index is 0.165. The van der Waals surface area contributed by atoms with Crippen LogP contribution in [-0.4, -0.2) is 34.8 Å². The van der Waals surface area contributed by atoms with Crippen molar-refractivity contribution in [1.82, 2.24) is 0 Å². The molecular formula is C4H5F2NO3. The number of alkyl halides is 2. The standard InChI is InChI=1S/C4H5F2NO3/c5-2(1-7-10)3(6)4(8)9/h1-3,10H,(H,8,9). The van der Waals surface area contributed by atoms with Gasteiger partial charge in [-0.1, -0.05) is 5.16 Å². The van der Waals surface area contributed by atoms with Crippen LogP contribution in [0.4, 0.5) is 8.78 Å². The Kier molecular flexibility index (Phi) is 3.30. The zero-order valence-corrected chi connectivity index (χ0v) is 4.74. The molecule has 2 atom stereocenters. The van der Waals surface area contributed by atoms with E-state index in [0.29, 0.717) is 0 Å². The number of hydrogen-bond donors (Lipinski definition) is 2. The SMILES string of the molecule is O=C(O)C(F)C(F)C=NO. The highest BCUT2D eigenvalue weighted by Gasteiger charge is 2.26. The van der Waals surface area contributed by atoms with E-state index >= 15 is 0 Å². The van der Waals surface area contributed by atoms with Gasteiger partial charge in [0.25, 0.3) is 0 Å². The number of nitrogens with zero attached hydrogens (tertiary/aromatic N) is 1. The lowest BCUT2D eigenvalue weighted by Crippen LogP contribution is -2.27. The van der Waals surface area contributed by atoms with Gasteiger partial charge in [0.2, 0.25) is 6.17 Å². The second-order valence-electron chi connectivity index (χ2n) is 1.45. The van der Waals surface area contributed by atoms with Crippen LogP contribution in [0.15, 0.2) is 5.16 Å². The highest BCUT2D eigenvalue weighted by Crippen LogP contribution is 2.00. The van der Waals surface area contributed by atoms with E-state index < -0.39 is 18.3 Å². The quantitative estimate of drug-likeness (QED) is 0.346. The molecule has 0 aliphatic carbocycles. The maximum absolute atomic E-state index is 12.0. The smallest absolute Gasteiger partial charge is 0.341 e. The van der Waals surface area contributed by atoms with Gasteiger partial charge < -0.3 is 10.3 Å². The summed E-state index contributed by atoms with van der Waals surface area (Å²) in [6, 6.07) is 0. The molecule has 0 saturated heterocycles. The molecule has 0 rings (SSSR count). The Morgan fingerprint density at radius 1 is 1.60 bits per heavy atom. The molecule has 0 fully saturated rings. The van der Waals surface area contributed by atoms with Gasteiger partial charge in [0.1, 0.15) is 0 Å². The number of carboxylic acids is 1. The third-order valence-electron chi connectivity index (χ3n) is 0.725. The molecule has 2 unspecified atom stereocenters. The molecule has 0 bridgehead atoms. The van der Waals surface area contributed by atoms with Crippen LogP contribution < -0.4 is 0 Å². The summed E-state index contributed by atoms with van der Waals surface area (Å²) >= 11 is 0. The third-order valence-corrected chi connectivity index (χ3v) is 0.725. The largest absolute Gasteiger partial charge is 0.479 e. The van der Waals surface area contributed by atoms with E-state index in [1.165, 1.54) is 0 Å². The van der Waals surface area contributed by atoms with Crippen molar-refractivity contribution in [1.29, 1.82) is 0 Å². The predicted octanol–water partition coefficient (Wildman–Crippen LogP) is 0.207. The Balaban J connectivity index is 3.93. The number of hydrogen-bond acceptors (Lipinski definition) is 3. The van der Waals surface area contributed by atoms with Crippen molar-refractivity contribution in [3.05, 3.63) is 0 Å². The fourth-order valence-corrected chi connectivity index (χ4v) is 0.275. The van der Waals surface area contributed by atoms with E-state index in [9.17, 15) is 13.6 Å². The van der Waals surface area contributed by atoms with Crippen LogP contribution in [-0.2, 0) is 4.79 Å². The molecule has 0 saturated carbocycles. The van der Waals surface area contributed by atoms with Gasteiger partial charge >= 0.3 is 5.97 Å². The lowest BCUT2D eigenvalue weighted by Gasteiger charge is -2.01. The third kappa shape index (κ3) is 2.38. The van der Waals surface area contributed by atoms with Gasteiger partial charge in [0.05, 0.1) is 6.21 Å². The maximum atomic E-state index is 12.0. The number of aliphatic carboxylic acids is 1. The fraction of sp³-hybridized carbons (Fsp3) is 0.500. The Morgan fingerprint density at radius 3 is 2.40 bits per heavy atom. The fourth-order valence-electron chi connectivity index (χ4n) is 0.275. The molecule has 0 aliphatic heterocycles. The van der Waals surface area contributed by atoms with Crippen molar-refractivity contribution in [2.45, 2.75) is 12.3 Å². The molecule has 0 amide bonds. The first kappa shape index (κ1) is 8.80. The van der Waals surface area contributed by atoms with Crippen LogP contribution >= 0.6 is 0 Å². The topological polar surface area (TPSA) is 69.9 Å². The normalized spacial score (nSPS) is 17.0. The first-order valence-electron chi connectivity index (χ1n) is 2.28. The van der Waals surface area contributed by atoms with Crippen molar-refractivity contribution >= 4 is 12.2 Å². The summed E-state index contributed by atoms with van der Waals surface area (Å²) in [7, 11) is 0. The average molecular weight is 153 g/mol. The Labute approximate surface area is 54.8 Å². The van der Waals surface area contributed by atoms with Crippen LogP contribution in [0.5, 0.6) is 0 Å². The van der Waals surface area contributed by atoms with E-state index in [2.05, 4.69) is 5.16 Å². The van der Waals surface area contributed by atoms with E-state index in [0.717, 1.165) is 0 Å². The van der Waals surface area contributed by atoms with Crippen LogP contribution in [0.25, 0.3) is 0 Å². The lowest BCUT2D eigenvalue weighted by atomic mass is 10.3. The second-order valence-corrected chi connectivity index (χ2v) is 1.45. The van der Waals surface area contributed by atoms with Gasteiger partial charge in [-0.2, -0.15) is 0 Å². The molecule has 6 heteroatoms. The first-order chi connectivity index (χ1) is 4.59. The van der Waals surface area contributed by atoms with Crippen LogP contribution in [0.3, 0.4) is 0 Å². The predicted molar refractivity (Wildman–Crippen MR) is 27.7 cm³/mol. The summed E-state index contributed by atoms with van der Waals surface area (Å²) in [6.07, 6.45) is -4.91. The highest BCUT2D eigenvalue weighted by atomic mass is 19.2. The minimum atomic E-state index is -2.67. The average Bonchev–Trinajstić information content (AvgIpc) is 1.87. The summed E-state index contributed by atoms with van der Waals surface area (Å²) in [5, 5.41) is 17.6. The van der Waals surface area contributed by atoms with Gasteiger partial charge in [0.15, 0.2) is 6.17 Å². The zero-order valence-electron chi connectivity index (χ0n) is 4.74. The summed E-state index contributed by atoms with van der Waals surface area (Å²) in [5.74, 6) is -1.92. The summed E-state index contributed by atoms with van der Waals surface area (Å²) in [5.41, 5.74) is 0. The van der Waals surface area contributed by atoms with E-state index in [1.807, 2.05) is 0 Å². The molecule has 0 heterocycles. The Hall–Kier alpha value is -1.20. The molecule has 0 aromatic carbocycles. The van der Waals surface area contributed by atoms with Gasteiger partial charge in [-0.25, -0.2) is 13.6 Å². The van der Waals surface area contributed by atoms with Gasteiger partial charge in [-0.15, -0.1) is 0 Å². The lowest BCUT2D eigenvalue weighted by molar-refractivity contribution is -0.144. The molecule has 0 aromatic rings. The summed E-state index contributed by atoms with van der Waals surface area (Å²) in [4.78, 5) is 9.66. The molecule has 0 aromatic heterocycles. The Bertz CT molecular complexity index is 149. The van der Waals surface area contributed by atoms with Crippen molar-refractivity contribution in [3.8, 4) is 0 Å². The van der Waals surface area contributed by atoms with Gasteiger partial charge in [-0.05, 0) is 0 Å². The van der Waals surface area contributed by atoms with E-state index in [4.69, 9.17) is 10.3 Å². The minimum Gasteiger partial charge on any atom is -0.479 e. The van der Waals surface area contributed by atoms with Crippen molar-refractivity contribution in [3.63, 3.8) is 0 Å². The van der Waals surface area contributed by atoms with Crippen molar-refractivity contribution in [2.75, 3.05) is 0 Å². The molecule has 0 radical (unpaired) electrons. The summed E-state index contributed by atoms with van der Waals surface area (Å²) in [6.45, 7) is 0. The number of carboxylic acid groups (broad SMARTS) is 1. The highest BCUT2D eigenvalue weighted by molar-refractivity contribution is 5.79. The van der Waals surface area contributed by atoms with Crippen molar-refractivity contribution in [2.24, 2.45) is 5.16 Å². The summed E-state index contributed by atoms with van der Waals surface area (Å²) < 4.78 is 23.9. The Morgan fingerprint density at radius 2 is 2.10 bits per heavy atom. The molecule has 58 valence electrons. The van der Waals surface area contributed by atoms with Crippen LogP contribution in [0.1, 0.15) is 0 Å². The molecule has 2 N–H and O–H groups in total. The van der Waals surface area contributed by atoms with Gasteiger partial charge in [-0.3, -0.25) is 0 Å². The number of rotatable bonds is 3. The molecule has 10 heavy (non-hydrogen) atoms. The number of oxime groups is 1. The molecular weight excluding hydrogens is 148 g/mol. The maximum Gasteiger partial charge on any atom is 0.341 e. The van der Waals surface area contributed by atoms with E-state index in [-0.39, 0.29) is 6.21 Å². The molecule has 4 nitrogen and oxygen atoms in total. The second kappa shape index (κ2) is 3.76. The van der Waals surface area contributed by atoms with Crippen LogP contribution in [0.2, 0.25) is 0 Å². The monoisotopic (exact) mass is 153 g/mol. The molecule has 0 spiro atoms. The number of halogens is 2. The van der Waals surface area contributed by atoms with Crippen molar-refractivity contribution < 1.29 is 23.9 Å². The number of carbonyl (C=O) groups is 1. The van der Waals surface area contributed by atoms with Gasteiger partial charge in [0, 0.05) is 0 Å².